The molecule has 5 rings (SSSR count). The van der Waals surface area contributed by atoms with E-state index in [0.29, 0.717) is 30.0 Å². The van der Waals surface area contributed by atoms with Crippen molar-refractivity contribution < 1.29 is 17.9 Å². The third-order valence-electron chi connectivity index (χ3n) is 5.78. The molecular weight excluding hydrogens is 468 g/mol. The van der Waals surface area contributed by atoms with Crippen molar-refractivity contribution in [1.82, 2.24) is 20.2 Å². The lowest BCUT2D eigenvalue weighted by Crippen LogP contribution is -2.35. The average Bonchev–Trinajstić information content (AvgIpc) is 3.43. The van der Waals surface area contributed by atoms with E-state index >= 15 is 0 Å². The van der Waals surface area contributed by atoms with Gasteiger partial charge in [-0.2, -0.15) is 0 Å². The molecule has 0 fully saturated rings. The molecule has 10 nitrogen and oxygen atoms in total. The third-order valence-corrected chi connectivity index (χ3v) is 7.61. The van der Waals surface area contributed by atoms with Crippen LogP contribution < -0.4 is 14.4 Å². The number of anilines is 2. The fourth-order valence-corrected chi connectivity index (χ4v) is 5.82. The summed E-state index contributed by atoms with van der Waals surface area (Å²) >= 11 is 0. The first-order chi connectivity index (χ1) is 17.0. The molecule has 0 saturated carbocycles. The minimum atomic E-state index is -3.98. The number of methoxy groups -OCH3 is 1. The quantitative estimate of drug-likeness (QED) is 0.441. The summed E-state index contributed by atoms with van der Waals surface area (Å²) < 4.78 is 35.7. The molecule has 0 radical (unpaired) electrons. The Morgan fingerprint density at radius 3 is 2.71 bits per heavy atom. The first-order valence-electron chi connectivity index (χ1n) is 10.9. The normalized spacial score (nSPS) is 13.2. The first kappa shape index (κ1) is 22.5. The van der Waals surface area contributed by atoms with Crippen molar-refractivity contribution in [3.63, 3.8) is 0 Å². The lowest BCUT2D eigenvalue weighted by atomic mass is 10.0. The second kappa shape index (κ2) is 9.18. The van der Waals surface area contributed by atoms with Crippen LogP contribution in [0.3, 0.4) is 0 Å². The summed E-state index contributed by atoms with van der Waals surface area (Å²) in [5.74, 6) is -0.290. The summed E-state index contributed by atoms with van der Waals surface area (Å²) in [5.41, 5.74) is 2.97. The van der Waals surface area contributed by atoms with Crippen molar-refractivity contribution in [2.75, 3.05) is 23.3 Å². The molecule has 0 spiro atoms. The van der Waals surface area contributed by atoms with Gasteiger partial charge in [-0.25, -0.2) is 13.1 Å². The van der Waals surface area contributed by atoms with E-state index in [2.05, 4.69) is 20.8 Å². The molecule has 0 bridgehead atoms. The second-order valence-corrected chi connectivity index (χ2v) is 9.76. The SMILES string of the molecule is COc1ccc(C(=O)Nc2cccc(-n3cnnn3)c2)cc1S(=O)(=O)N1CCCc2ccccc21. The average molecular weight is 491 g/mol. The first-order valence-corrected chi connectivity index (χ1v) is 12.3. The van der Waals surface area contributed by atoms with Crippen molar-refractivity contribution in [2.24, 2.45) is 0 Å². The fraction of sp³-hybridized carbons (Fsp3) is 0.167. The van der Waals surface area contributed by atoms with Crippen LogP contribution in [0.1, 0.15) is 22.3 Å². The molecule has 0 unspecified atom stereocenters. The minimum Gasteiger partial charge on any atom is -0.495 e. The van der Waals surface area contributed by atoms with Crippen molar-refractivity contribution in [3.8, 4) is 11.4 Å². The molecular formula is C24H22N6O4S. The maximum Gasteiger partial charge on any atom is 0.268 e. The number of benzene rings is 3. The summed E-state index contributed by atoms with van der Waals surface area (Å²) in [7, 11) is -2.58. The van der Waals surface area contributed by atoms with Crippen LogP contribution in [-0.4, -0.2) is 48.2 Å². The number of tetrazole rings is 1. The summed E-state index contributed by atoms with van der Waals surface area (Å²) in [6.45, 7) is 0.350. The monoisotopic (exact) mass is 490 g/mol. The highest BCUT2D eigenvalue weighted by Gasteiger charge is 2.32. The number of carbonyl (C=O) groups is 1. The lowest BCUT2D eigenvalue weighted by molar-refractivity contribution is 0.102. The zero-order valence-electron chi connectivity index (χ0n) is 18.8. The number of carbonyl (C=O) groups excluding carboxylic acids is 1. The van der Waals surface area contributed by atoms with Crippen LogP contribution >= 0.6 is 0 Å². The third kappa shape index (κ3) is 4.33. The molecule has 3 aromatic carbocycles. The fourth-order valence-electron chi connectivity index (χ4n) is 4.10. The van der Waals surface area contributed by atoms with Crippen molar-refractivity contribution >= 4 is 27.3 Å². The highest BCUT2D eigenvalue weighted by molar-refractivity contribution is 7.93. The largest absolute Gasteiger partial charge is 0.495 e. The highest BCUT2D eigenvalue weighted by atomic mass is 32.2. The van der Waals surface area contributed by atoms with Gasteiger partial charge in [-0.3, -0.25) is 9.10 Å². The number of sulfonamides is 1. The van der Waals surface area contributed by atoms with Crippen LogP contribution in [0.5, 0.6) is 5.75 Å². The highest BCUT2D eigenvalue weighted by Crippen LogP contribution is 2.35. The Balaban J connectivity index is 1.47. The van der Waals surface area contributed by atoms with Gasteiger partial charge in [0.15, 0.2) is 0 Å². The van der Waals surface area contributed by atoms with Crippen LogP contribution in [0.2, 0.25) is 0 Å². The van der Waals surface area contributed by atoms with Crippen LogP contribution in [0.15, 0.2) is 78.0 Å². The number of hydrogen-bond acceptors (Lipinski definition) is 7. The summed E-state index contributed by atoms with van der Waals surface area (Å²) in [6, 6.07) is 18.8. The van der Waals surface area contributed by atoms with E-state index in [0.717, 1.165) is 12.0 Å². The number of aryl methyl sites for hydroxylation is 1. The summed E-state index contributed by atoms with van der Waals surface area (Å²) in [5, 5.41) is 13.9. The van der Waals surface area contributed by atoms with Gasteiger partial charge in [0.2, 0.25) is 0 Å². The molecule has 0 aliphatic carbocycles. The zero-order valence-corrected chi connectivity index (χ0v) is 19.6. The number of amides is 1. The van der Waals surface area contributed by atoms with Gasteiger partial charge < -0.3 is 10.1 Å². The number of rotatable bonds is 6. The maximum absolute atomic E-state index is 13.7. The predicted molar refractivity (Wildman–Crippen MR) is 129 cm³/mol. The summed E-state index contributed by atoms with van der Waals surface area (Å²) in [4.78, 5) is 13.0. The van der Waals surface area contributed by atoms with Gasteiger partial charge in [0.1, 0.15) is 17.0 Å². The molecule has 2 heterocycles. The van der Waals surface area contributed by atoms with Gasteiger partial charge in [-0.15, -0.1) is 5.10 Å². The Morgan fingerprint density at radius 2 is 1.91 bits per heavy atom. The Morgan fingerprint density at radius 1 is 1.06 bits per heavy atom. The van der Waals surface area contributed by atoms with Crippen LogP contribution in [0.25, 0.3) is 5.69 Å². The van der Waals surface area contributed by atoms with Gasteiger partial charge in [0.25, 0.3) is 15.9 Å². The van der Waals surface area contributed by atoms with Gasteiger partial charge in [0.05, 0.1) is 18.5 Å². The Bertz CT molecular complexity index is 1490. The molecule has 0 atom stereocenters. The van der Waals surface area contributed by atoms with Crippen LogP contribution in [0, 0.1) is 0 Å². The van der Waals surface area contributed by atoms with E-state index in [9.17, 15) is 13.2 Å². The van der Waals surface area contributed by atoms with Crippen LogP contribution in [-0.2, 0) is 16.4 Å². The topological polar surface area (TPSA) is 119 Å². The number of nitrogens with one attached hydrogen (secondary N) is 1. The van der Waals surface area contributed by atoms with Crippen LogP contribution in [0.4, 0.5) is 11.4 Å². The second-order valence-electron chi connectivity index (χ2n) is 7.93. The molecule has 0 saturated heterocycles. The van der Waals surface area contributed by atoms with Gasteiger partial charge in [-0.05, 0) is 71.3 Å². The molecule has 1 aliphatic heterocycles. The number of ether oxygens (including phenoxy) is 1. The number of hydrogen-bond donors (Lipinski definition) is 1. The molecule has 1 aliphatic rings. The van der Waals surface area contributed by atoms with Gasteiger partial charge >= 0.3 is 0 Å². The van der Waals surface area contributed by atoms with E-state index in [4.69, 9.17) is 4.74 Å². The van der Waals surface area contributed by atoms with E-state index in [1.54, 1.807) is 30.3 Å². The Kier molecular flexibility index (Phi) is 5.91. The molecule has 11 heteroatoms. The number of aromatic nitrogens is 4. The van der Waals surface area contributed by atoms with E-state index in [1.165, 1.54) is 40.6 Å². The zero-order chi connectivity index (χ0) is 24.4. The number of nitrogens with zero attached hydrogens (tertiary/aromatic N) is 5. The molecule has 1 N–H and O–H groups in total. The standard InChI is InChI=1S/C24H22N6O4S/c1-34-22-12-11-18(24(31)26-19-8-4-9-20(15-19)29-16-25-27-28-29)14-23(22)35(32,33)30-13-5-7-17-6-2-3-10-21(17)30/h2-4,6,8-12,14-16H,5,7,13H2,1H3,(H,26,31). The van der Waals surface area contributed by atoms with Gasteiger partial charge in [-0.1, -0.05) is 24.3 Å². The summed E-state index contributed by atoms with van der Waals surface area (Å²) in [6.07, 6.45) is 2.96. The van der Waals surface area contributed by atoms with E-state index in [1.807, 2.05) is 18.2 Å². The Labute approximate surface area is 202 Å². The van der Waals surface area contributed by atoms with E-state index in [-0.39, 0.29) is 16.2 Å². The van der Waals surface area contributed by atoms with Gasteiger partial charge in [0, 0.05) is 17.8 Å². The smallest absolute Gasteiger partial charge is 0.268 e. The lowest BCUT2D eigenvalue weighted by Gasteiger charge is -2.31. The minimum absolute atomic E-state index is 0.0632. The maximum atomic E-state index is 13.7. The number of para-hydroxylation sites is 1. The molecule has 4 aromatic rings. The van der Waals surface area contributed by atoms with Crippen molar-refractivity contribution in [2.45, 2.75) is 17.7 Å². The molecule has 1 aromatic heterocycles. The van der Waals surface area contributed by atoms with Crippen molar-refractivity contribution in [3.05, 3.63) is 84.2 Å². The molecule has 178 valence electrons. The van der Waals surface area contributed by atoms with Crippen molar-refractivity contribution in [1.29, 1.82) is 0 Å². The number of fused-ring (bicyclic) bond motifs is 1. The molecule has 1 amide bonds. The predicted octanol–water partition coefficient (Wildman–Crippen LogP) is 3.06. The van der Waals surface area contributed by atoms with E-state index < -0.39 is 15.9 Å². The Hall–Kier alpha value is -4.25. The molecule has 35 heavy (non-hydrogen) atoms.